The normalized spacial score (nSPS) is 14.6. The molecule has 0 spiro atoms. The predicted molar refractivity (Wildman–Crippen MR) is 124 cm³/mol. The molecule has 5 nitrogen and oxygen atoms in total. The van der Waals surface area contributed by atoms with E-state index in [1.807, 2.05) is 48.5 Å². The molecule has 0 radical (unpaired) electrons. The van der Waals surface area contributed by atoms with Crippen molar-refractivity contribution in [2.24, 2.45) is 0 Å². The molecule has 0 aliphatic carbocycles. The maximum atomic E-state index is 12.7. The third-order valence-corrected chi connectivity index (χ3v) is 5.67. The molecule has 1 fully saturated rings. The molecule has 2 heterocycles. The molecule has 5 heteroatoms. The number of benzene rings is 3. The Hall–Kier alpha value is -3.41. The van der Waals surface area contributed by atoms with Crippen LogP contribution < -0.4 is 10.6 Å². The van der Waals surface area contributed by atoms with Crippen LogP contribution in [0.4, 0.5) is 5.69 Å². The van der Waals surface area contributed by atoms with E-state index in [0.717, 1.165) is 60.7 Å². The van der Waals surface area contributed by atoms with Crippen molar-refractivity contribution in [3.05, 3.63) is 90.0 Å². The average Bonchev–Trinajstić information content (AvgIpc) is 3.24. The zero-order chi connectivity index (χ0) is 21.0. The van der Waals surface area contributed by atoms with E-state index < -0.39 is 0 Å². The van der Waals surface area contributed by atoms with Crippen LogP contribution >= 0.6 is 0 Å². The Morgan fingerprint density at radius 2 is 1.71 bits per heavy atom. The van der Waals surface area contributed by atoms with Gasteiger partial charge < -0.3 is 15.1 Å². The molecule has 156 valence electrons. The molecule has 1 amide bonds. The number of carbonyl (C=O) groups excluding carboxylic acids is 1. The number of fused-ring (bicyclic) bond motifs is 1. The Morgan fingerprint density at radius 3 is 2.55 bits per heavy atom. The smallest absolute Gasteiger partial charge is 0.255 e. The molecule has 0 bridgehead atoms. The molecule has 0 unspecified atom stereocenters. The molecule has 0 atom stereocenters. The van der Waals surface area contributed by atoms with E-state index in [9.17, 15) is 4.79 Å². The summed E-state index contributed by atoms with van der Waals surface area (Å²) in [7, 11) is 0. The molecule has 31 heavy (non-hydrogen) atoms. The van der Waals surface area contributed by atoms with E-state index in [4.69, 9.17) is 4.42 Å². The monoisotopic (exact) mass is 411 g/mol. The third-order valence-electron chi connectivity index (χ3n) is 5.67. The van der Waals surface area contributed by atoms with Crippen molar-refractivity contribution >= 4 is 22.6 Å². The molecule has 1 aromatic heterocycles. The molecule has 1 saturated heterocycles. The van der Waals surface area contributed by atoms with Crippen LogP contribution in [0.2, 0.25) is 0 Å². The Labute approximate surface area is 181 Å². The van der Waals surface area contributed by atoms with E-state index in [-0.39, 0.29) is 5.91 Å². The first-order chi connectivity index (χ1) is 15.3. The van der Waals surface area contributed by atoms with Crippen molar-refractivity contribution in [1.82, 2.24) is 10.2 Å². The molecule has 3 aromatic carbocycles. The van der Waals surface area contributed by atoms with E-state index in [1.54, 1.807) is 12.1 Å². The summed E-state index contributed by atoms with van der Waals surface area (Å²) in [4.78, 5) is 15.1. The number of nitrogens with zero attached hydrogens (tertiary/aromatic N) is 1. The first-order valence-corrected chi connectivity index (χ1v) is 10.7. The van der Waals surface area contributed by atoms with Crippen LogP contribution in [0.3, 0.4) is 0 Å². The van der Waals surface area contributed by atoms with Crippen molar-refractivity contribution in [3.63, 3.8) is 0 Å². The lowest BCUT2D eigenvalue weighted by Gasteiger charge is -2.27. The lowest BCUT2D eigenvalue weighted by molar-refractivity contribution is 0.102. The quantitative estimate of drug-likeness (QED) is 0.497. The van der Waals surface area contributed by atoms with Crippen LogP contribution in [0.25, 0.3) is 22.3 Å². The Kier molecular flexibility index (Phi) is 5.52. The fourth-order valence-electron chi connectivity index (χ4n) is 4.04. The fraction of sp³-hybridized carbons (Fsp3) is 0.192. The zero-order valence-corrected chi connectivity index (χ0v) is 17.3. The topological polar surface area (TPSA) is 57.5 Å². The SMILES string of the molecule is O=C(Nc1ccccc1-c1cc2cc(CN3CCNCC3)ccc2o1)c1ccccc1. The van der Waals surface area contributed by atoms with Gasteiger partial charge in [-0.25, -0.2) is 0 Å². The molecule has 0 saturated carbocycles. The molecule has 1 aliphatic heterocycles. The molecule has 4 aromatic rings. The maximum Gasteiger partial charge on any atom is 0.255 e. The standard InChI is InChI=1S/C26H25N3O2/c30-26(20-6-2-1-3-7-20)28-23-9-5-4-8-22(23)25-17-21-16-19(10-11-24(21)31-25)18-29-14-12-27-13-15-29/h1-11,16-17,27H,12-15,18H2,(H,28,30). The number of hydrogen-bond donors (Lipinski definition) is 2. The van der Waals surface area contributed by atoms with Gasteiger partial charge in [0.2, 0.25) is 0 Å². The van der Waals surface area contributed by atoms with Gasteiger partial charge in [0, 0.05) is 49.2 Å². The number of amides is 1. The highest BCUT2D eigenvalue weighted by Crippen LogP contribution is 2.33. The molecular formula is C26H25N3O2. The number of rotatable bonds is 5. The summed E-state index contributed by atoms with van der Waals surface area (Å²) in [5.41, 5.74) is 4.36. The molecular weight excluding hydrogens is 386 g/mol. The van der Waals surface area contributed by atoms with Crippen LogP contribution in [0.1, 0.15) is 15.9 Å². The van der Waals surface area contributed by atoms with Crippen LogP contribution in [0.5, 0.6) is 0 Å². The van der Waals surface area contributed by atoms with Crippen molar-refractivity contribution in [3.8, 4) is 11.3 Å². The van der Waals surface area contributed by atoms with Gasteiger partial charge in [0.15, 0.2) is 0 Å². The number of hydrogen-bond acceptors (Lipinski definition) is 4. The first kappa shape index (κ1) is 19.5. The van der Waals surface area contributed by atoms with Crippen LogP contribution in [0.15, 0.2) is 83.3 Å². The van der Waals surface area contributed by atoms with Gasteiger partial charge in [-0.1, -0.05) is 36.4 Å². The van der Waals surface area contributed by atoms with Gasteiger partial charge in [-0.05, 0) is 48.0 Å². The number of furan rings is 1. The number of nitrogens with one attached hydrogen (secondary N) is 2. The summed E-state index contributed by atoms with van der Waals surface area (Å²) in [5, 5.41) is 7.49. The van der Waals surface area contributed by atoms with E-state index >= 15 is 0 Å². The maximum absolute atomic E-state index is 12.7. The number of piperazine rings is 1. The second-order valence-corrected chi connectivity index (χ2v) is 7.87. The number of carbonyl (C=O) groups is 1. The van der Waals surface area contributed by atoms with E-state index in [1.165, 1.54) is 5.56 Å². The summed E-state index contributed by atoms with van der Waals surface area (Å²) in [6, 6.07) is 25.4. The highest BCUT2D eigenvalue weighted by atomic mass is 16.3. The highest BCUT2D eigenvalue weighted by molar-refractivity contribution is 6.06. The van der Waals surface area contributed by atoms with E-state index in [2.05, 4.69) is 33.7 Å². The van der Waals surface area contributed by atoms with Gasteiger partial charge in [0.05, 0.1) is 5.69 Å². The second-order valence-electron chi connectivity index (χ2n) is 7.87. The van der Waals surface area contributed by atoms with Crippen LogP contribution in [-0.4, -0.2) is 37.0 Å². The lowest BCUT2D eigenvalue weighted by Crippen LogP contribution is -2.42. The Bertz CT molecular complexity index is 1190. The first-order valence-electron chi connectivity index (χ1n) is 10.7. The summed E-state index contributed by atoms with van der Waals surface area (Å²) in [6.45, 7) is 5.18. The average molecular weight is 412 g/mol. The van der Waals surface area contributed by atoms with Gasteiger partial charge in [-0.15, -0.1) is 0 Å². The molecule has 2 N–H and O–H groups in total. The third kappa shape index (κ3) is 4.38. The van der Waals surface area contributed by atoms with Gasteiger partial charge in [-0.3, -0.25) is 9.69 Å². The van der Waals surface area contributed by atoms with Gasteiger partial charge in [-0.2, -0.15) is 0 Å². The van der Waals surface area contributed by atoms with Crippen LogP contribution in [-0.2, 0) is 6.54 Å². The second kappa shape index (κ2) is 8.76. The predicted octanol–water partition coefficient (Wildman–Crippen LogP) is 4.76. The summed E-state index contributed by atoms with van der Waals surface area (Å²) >= 11 is 0. The Morgan fingerprint density at radius 1 is 0.935 bits per heavy atom. The van der Waals surface area contributed by atoms with Crippen molar-refractivity contribution in [2.45, 2.75) is 6.54 Å². The van der Waals surface area contributed by atoms with Crippen molar-refractivity contribution in [2.75, 3.05) is 31.5 Å². The Balaban J connectivity index is 1.41. The highest BCUT2D eigenvalue weighted by Gasteiger charge is 2.15. The summed E-state index contributed by atoms with van der Waals surface area (Å²) in [6.07, 6.45) is 0. The summed E-state index contributed by atoms with van der Waals surface area (Å²) in [5.74, 6) is 0.612. The van der Waals surface area contributed by atoms with Crippen molar-refractivity contribution in [1.29, 1.82) is 0 Å². The van der Waals surface area contributed by atoms with Gasteiger partial charge >= 0.3 is 0 Å². The fourth-order valence-corrected chi connectivity index (χ4v) is 4.04. The lowest BCUT2D eigenvalue weighted by atomic mass is 10.1. The molecule has 5 rings (SSSR count). The number of para-hydroxylation sites is 1. The zero-order valence-electron chi connectivity index (χ0n) is 17.3. The number of anilines is 1. The minimum absolute atomic E-state index is 0.137. The largest absolute Gasteiger partial charge is 0.456 e. The van der Waals surface area contributed by atoms with Gasteiger partial charge in [0.1, 0.15) is 11.3 Å². The van der Waals surface area contributed by atoms with Crippen molar-refractivity contribution < 1.29 is 9.21 Å². The minimum Gasteiger partial charge on any atom is -0.456 e. The van der Waals surface area contributed by atoms with Gasteiger partial charge in [0.25, 0.3) is 5.91 Å². The van der Waals surface area contributed by atoms with Crippen LogP contribution in [0, 0.1) is 0 Å². The summed E-state index contributed by atoms with van der Waals surface area (Å²) < 4.78 is 6.15. The minimum atomic E-state index is -0.137. The van der Waals surface area contributed by atoms with E-state index in [0.29, 0.717) is 5.56 Å². The molecule has 1 aliphatic rings.